The number of carbonyl (C=O) groups is 1. The van der Waals surface area contributed by atoms with Crippen LogP contribution in [0.15, 0.2) is 36.9 Å². The third-order valence-corrected chi connectivity index (χ3v) is 1.84. The molecule has 0 unspecified atom stereocenters. The molecule has 0 atom stereocenters. The van der Waals surface area contributed by atoms with Crippen LogP contribution in [0.3, 0.4) is 0 Å². The Labute approximate surface area is 91.6 Å². The molecule has 1 amide bonds. The summed E-state index contributed by atoms with van der Waals surface area (Å²) < 4.78 is 0. The standard InChI is InChI=1S/C10H9N5O/c11-9-6-13-8(5-14-9)10(16)15-7-1-3-12-4-2-7/h1-6H,(H2,11,14)(H,12,15,16). The molecular weight excluding hydrogens is 206 g/mol. The zero-order chi connectivity index (χ0) is 11.4. The second-order valence-corrected chi connectivity index (χ2v) is 3.02. The molecule has 0 fully saturated rings. The molecule has 2 heterocycles. The largest absolute Gasteiger partial charge is 0.382 e. The summed E-state index contributed by atoms with van der Waals surface area (Å²) in [6.45, 7) is 0. The topological polar surface area (TPSA) is 93.8 Å². The number of nitrogens with zero attached hydrogens (tertiary/aromatic N) is 3. The van der Waals surface area contributed by atoms with Crippen molar-refractivity contribution < 1.29 is 4.79 Å². The number of nitrogens with two attached hydrogens (primary N) is 1. The number of carbonyl (C=O) groups excluding carboxylic acids is 1. The van der Waals surface area contributed by atoms with E-state index in [0.717, 1.165) is 0 Å². The van der Waals surface area contributed by atoms with Gasteiger partial charge < -0.3 is 11.1 Å². The van der Waals surface area contributed by atoms with Crippen molar-refractivity contribution >= 4 is 17.4 Å². The SMILES string of the molecule is Nc1cnc(C(=O)Nc2ccncc2)cn1. The molecule has 6 heteroatoms. The van der Waals surface area contributed by atoms with E-state index in [1.54, 1.807) is 24.5 Å². The first-order valence-corrected chi connectivity index (χ1v) is 4.54. The smallest absolute Gasteiger partial charge is 0.275 e. The first-order chi connectivity index (χ1) is 7.75. The Morgan fingerprint density at radius 1 is 1.19 bits per heavy atom. The Morgan fingerprint density at radius 3 is 2.56 bits per heavy atom. The Balaban J connectivity index is 2.12. The predicted octanol–water partition coefficient (Wildman–Crippen LogP) is 0.706. The van der Waals surface area contributed by atoms with Gasteiger partial charge in [0, 0.05) is 18.1 Å². The lowest BCUT2D eigenvalue weighted by atomic mass is 10.3. The van der Waals surface area contributed by atoms with E-state index in [2.05, 4.69) is 20.3 Å². The van der Waals surface area contributed by atoms with E-state index >= 15 is 0 Å². The van der Waals surface area contributed by atoms with Gasteiger partial charge >= 0.3 is 0 Å². The van der Waals surface area contributed by atoms with Gasteiger partial charge in [-0.15, -0.1) is 0 Å². The minimum atomic E-state index is -0.335. The Morgan fingerprint density at radius 2 is 1.94 bits per heavy atom. The number of amides is 1. The number of pyridine rings is 1. The molecule has 6 nitrogen and oxygen atoms in total. The molecule has 0 bridgehead atoms. The second kappa shape index (κ2) is 4.35. The molecule has 16 heavy (non-hydrogen) atoms. The van der Waals surface area contributed by atoms with E-state index < -0.39 is 0 Å². The molecule has 0 aliphatic carbocycles. The summed E-state index contributed by atoms with van der Waals surface area (Å²) >= 11 is 0. The van der Waals surface area contributed by atoms with Crippen LogP contribution in [0.2, 0.25) is 0 Å². The van der Waals surface area contributed by atoms with Gasteiger partial charge in [0.15, 0.2) is 0 Å². The van der Waals surface area contributed by atoms with Crippen molar-refractivity contribution in [2.45, 2.75) is 0 Å². The average Bonchev–Trinajstić information content (AvgIpc) is 2.31. The molecule has 0 spiro atoms. The van der Waals surface area contributed by atoms with Gasteiger partial charge in [-0.3, -0.25) is 9.78 Å². The van der Waals surface area contributed by atoms with Crippen molar-refractivity contribution in [3.63, 3.8) is 0 Å². The lowest BCUT2D eigenvalue weighted by molar-refractivity contribution is 0.102. The van der Waals surface area contributed by atoms with Gasteiger partial charge in [0.05, 0.1) is 12.4 Å². The van der Waals surface area contributed by atoms with Crippen LogP contribution in [0, 0.1) is 0 Å². The van der Waals surface area contributed by atoms with Crippen LogP contribution >= 0.6 is 0 Å². The van der Waals surface area contributed by atoms with Crippen LogP contribution in [-0.2, 0) is 0 Å². The monoisotopic (exact) mass is 215 g/mol. The van der Waals surface area contributed by atoms with E-state index in [1.165, 1.54) is 12.4 Å². The Bertz CT molecular complexity index is 482. The van der Waals surface area contributed by atoms with Gasteiger partial charge in [-0.05, 0) is 12.1 Å². The van der Waals surface area contributed by atoms with E-state index in [-0.39, 0.29) is 17.4 Å². The van der Waals surface area contributed by atoms with Crippen LogP contribution in [0.5, 0.6) is 0 Å². The highest BCUT2D eigenvalue weighted by atomic mass is 16.1. The molecule has 0 radical (unpaired) electrons. The molecule has 2 rings (SSSR count). The quantitative estimate of drug-likeness (QED) is 0.769. The summed E-state index contributed by atoms with van der Waals surface area (Å²) in [7, 11) is 0. The zero-order valence-corrected chi connectivity index (χ0v) is 8.29. The van der Waals surface area contributed by atoms with Crippen LogP contribution < -0.4 is 11.1 Å². The normalized spacial score (nSPS) is 9.75. The first-order valence-electron chi connectivity index (χ1n) is 4.54. The van der Waals surface area contributed by atoms with Crippen LogP contribution in [0.4, 0.5) is 11.5 Å². The fraction of sp³-hybridized carbons (Fsp3) is 0. The molecule has 2 aromatic heterocycles. The molecule has 0 saturated heterocycles. The molecule has 0 aliphatic rings. The van der Waals surface area contributed by atoms with Crippen LogP contribution in [-0.4, -0.2) is 20.9 Å². The molecule has 0 saturated carbocycles. The summed E-state index contributed by atoms with van der Waals surface area (Å²) in [6.07, 6.45) is 5.84. The summed E-state index contributed by atoms with van der Waals surface area (Å²) in [6, 6.07) is 3.37. The first kappa shape index (κ1) is 10.0. The highest BCUT2D eigenvalue weighted by Gasteiger charge is 2.07. The number of hydrogen-bond acceptors (Lipinski definition) is 5. The number of anilines is 2. The van der Waals surface area contributed by atoms with Gasteiger partial charge in [0.2, 0.25) is 0 Å². The molecule has 80 valence electrons. The van der Waals surface area contributed by atoms with Gasteiger partial charge in [-0.1, -0.05) is 0 Å². The van der Waals surface area contributed by atoms with Gasteiger partial charge in [0.1, 0.15) is 11.5 Å². The van der Waals surface area contributed by atoms with E-state index in [0.29, 0.717) is 5.69 Å². The summed E-state index contributed by atoms with van der Waals surface area (Å²) in [5.74, 6) is -0.0563. The number of hydrogen-bond donors (Lipinski definition) is 2. The minimum absolute atomic E-state index is 0.214. The average molecular weight is 215 g/mol. The second-order valence-electron chi connectivity index (χ2n) is 3.02. The Hall–Kier alpha value is -2.50. The fourth-order valence-electron chi connectivity index (χ4n) is 1.09. The number of nitrogens with one attached hydrogen (secondary N) is 1. The maximum absolute atomic E-state index is 11.7. The zero-order valence-electron chi connectivity index (χ0n) is 8.29. The van der Waals surface area contributed by atoms with Gasteiger partial charge in [-0.2, -0.15) is 0 Å². The van der Waals surface area contributed by atoms with Crippen molar-refractivity contribution in [2.75, 3.05) is 11.1 Å². The van der Waals surface area contributed by atoms with E-state index in [9.17, 15) is 4.79 Å². The van der Waals surface area contributed by atoms with Crippen molar-refractivity contribution in [3.8, 4) is 0 Å². The van der Waals surface area contributed by atoms with Crippen molar-refractivity contribution in [3.05, 3.63) is 42.6 Å². The van der Waals surface area contributed by atoms with Crippen molar-refractivity contribution in [2.24, 2.45) is 0 Å². The van der Waals surface area contributed by atoms with Gasteiger partial charge in [0.25, 0.3) is 5.91 Å². The van der Waals surface area contributed by atoms with Crippen LogP contribution in [0.1, 0.15) is 10.5 Å². The molecule has 0 aliphatic heterocycles. The lowest BCUT2D eigenvalue weighted by Crippen LogP contribution is -2.14. The maximum atomic E-state index is 11.7. The number of aromatic nitrogens is 3. The third-order valence-electron chi connectivity index (χ3n) is 1.84. The fourth-order valence-corrected chi connectivity index (χ4v) is 1.09. The summed E-state index contributed by atoms with van der Waals surface area (Å²) in [5.41, 5.74) is 6.23. The molecule has 0 aromatic carbocycles. The predicted molar refractivity (Wildman–Crippen MR) is 58.6 cm³/mol. The van der Waals surface area contributed by atoms with Crippen LogP contribution in [0.25, 0.3) is 0 Å². The van der Waals surface area contributed by atoms with E-state index in [1.807, 2.05) is 0 Å². The molecular formula is C10H9N5O. The highest BCUT2D eigenvalue weighted by molar-refractivity contribution is 6.02. The molecule has 3 N–H and O–H groups in total. The maximum Gasteiger partial charge on any atom is 0.275 e. The Kier molecular flexibility index (Phi) is 2.73. The number of rotatable bonds is 2. The summed E-state index contributed by atoms with van der Waals surface area (Å²) in [5, 5.41) is 2.66. The van der Waals surface area contributed by atoms with Gasteiger partial charge in [-0.25, -0.2) is 9.97 Å². The third kappa shape index (κ3) is 2.30. The lowest BCUT2D eigenvalue weighted by Gasteiger charge is -2.03. The van der Waals surface area contributed by atoms with Crippen molar-refractivity contribution in [1.29, 1.82) is 0 Å². The van der Waals surface area contributed by atoms with E-state index in [4.69, 9.17) is 5.73 Å². The highest BCUT2D eigenvalue weighted by Crippen LogP contribution is 2.05. The summed E-state index contributed by atoms with van der Waals surface area (Å²) in [4.78, 5) is 23.1. The van der Waals surface area contributed by atoms with Crippen molar-refractivity contribution in [1.82, 2.24) is 15.0 Å². The number of nitrogen functional groups attached to an aromatic ring is 1. The minimum Gasteiger partial charge on any atom is -0.382 e. The molecule has 2 aromatic rings.